The zero-order valence-electron chi connectivity index (χ0n) is 8.68. The van der Waals surface area contributed by atoms with Gasteiger partial charge in [0.05, 0.1) is 0 Å². The fourth-order valence-corrected chi connectivity index (χ4v) is 1.93. The van der Waals surface area contributed by atoms with E-state index < -0.39 is 0 Å². The molecule has 2 nitrogen and oxygen atoms in total. The first-order valence-corrected chi connectivity index (χ1v) is 5.83. The molecule has 0 radical (unpaired) electrons. The van der Waals surface area contributed by atoms with Crippen LogP contribution in [0.1, 0.15) is 12.5 Å². The predicted octanol–water partition coefficient (Wildman–Crippen LogP) is 2.32. The molecule has 0 amide bonds. The Morgan fingerprint density at radius 2 is 2.07 bits per heavy atom. The monoisotopic (exact) mass is 222 g/mol. The van der Waals surface area contributed by atoms with Crippen molar-refractivity contribution in [2.45, 2.75) is 13.3 Å². The van der Waals surface area contributed by atoms with Crippen LogP contribution in [-0.4, -0.2) is 17.2 Å². The molecule has 1 rings (SSSR count). The highest BCUT2D eigenvalue weighted by molar-refractivity contribution is 8.13. The van der Waals surface area contributed by atoms with Crippen LogP contribution in [-0.2, 0) is 16.0 Å². The fraction of sp³-hybridized carbons (Fsp3) is 0.333. The minimum atomic E-state index is -0.0682. The standard InChI is InChI=1S/C12H14O2S/c1-10(14)15-9-12(8-13)7-11-5-3-2-4-6-11/h2-6,8,12H,7,9H2,1H3. The smallest absolute Gasteiger partial charge is 0.185 e. The maximum absolute atomic E-state index is 10.8. The lowest BCUT2D eigenvalue weighted by atomic mass is 10.0. The van der Waals surface area contributed by atoms with E-state index in [-0.39, 0.29) is 11.0 Å². The van der Waals surface area contributed by atoms with Crippen molar-refractivity contribution < 1.29 is 9.59 Å². The van der Waals surface area contributed by atoms with Gasteiger partial charge in [-0.1, -0.05) is 42.1 Å². The molecule has 3 heteroatoms. The van der Waals surface area contributed by atoms with Crippen LogP contribution in [0.2, 0.25) is 0 Å². The summed E-state index contributed by atoms with van der Waals surface area (Å²) in [5.74, 6) is 0.509. The number of hydrogen-bond donors (Lipinski definition) is 0. The third-order valence-electron chi connectivity index (χ3n) is 2.03. The van der Waals surface area contributed by atoms with Crippen molar-refractivity contribution in [1.82, 2.24) is 0 Å². The lowest BCUT2D eigenvalue weighted by molar-refractivity contribution is -0.110. The summed E-state index contributed by atoms with van der Waals surface area (Å²) in [5.41, 5.74) is 1.14. The Morgan fingerprint density at radius 1 is 1.40 bits per heavy atom. The van der Waals surface area contributed by atoms with Gasteiger partial charge in [-0.2, -0.15) is 0 Å². The number of aldehydes is 1. The van der Waals surface area contributed by atoms with E-state index in [0.717, 1.165) is 11.8 Å². The van der Waals surface area contributed by atoms with E-state index in [1.807, 2.05) is 30.3 Å². The van der Waals surface area contributed by atoms with Crippen LogP contribution in [0.5, 0.6) is 0 Å². The number of benzene rings is 1. The predicted molar refractivity (Wildman–Crippen MR) is 62.8 cm³/mol. The van der Waals surface area contributed by atoms with Gasteiger partial charge < -0.3 is 4.79 Å². The van der Waals surface area contributed by atoms with Crippen molar-refractivity contribution in [2.24, 2.45) is 5.92 Å². The second-order valence-electron chi connectivity index (χ2n) is 3.39. The Hall–Kier alpha value is -1.09. The molecule has 0 spiro atoms. The van der Waals surface area contributed by atoms with Gasteiger partial charge >= 0.3 is 0 Å². The Morgan fingerprint density at radius 3 is 2.60 bits per heavy atom. The minimum Gasteiger partial charge on any atom is -0.303 e. The van der Waals surface area contributed by atoms with E-state index in [0.29, 0.717) is 12.2 Å². The van der Waals surface area contributed by atoms with Gasteiger partial charge in [-0.05, 0) is 12.0 Å². The van der Waals surface area contributed by atoms with Gasteiger partial charge in [-0.25, -0.2) is 0 Å². The van der Waals surface area contributed by atoms with Gasteiger partial charge in [0.2, 0.25) is 0 Å². The summed E-state index contributed by atoms with van der Waals surface area (Å²) in [7, 11) is 0. The van der Waals surface area contributed by atoms with Gasteiger partial charge in [0.1, 0.15) is 6.29 Å². The van der Waals surface area contributed by atoms with Crippen LogP contribution in [0.15, 0.2) is 30.3 Å². The summed E-state index contributed by atoms with van der Waals surface area (Å²) >= 11 is 1.21. The molecule has 1 aromatic carbocycles. The van der Waals surface area contributed by atoms with E-state index in [1.165, 1.54) is 18.7 Å². The van der Waals surface area contributed by atoms with Crippen molar-refractivity contribution in [3.63, 3.8) is 0 Å². The topological polar surface area (TPSA) is 34.1 Å². The van der Waals surface area contributed by atoms with E-state index in [4.69, 9.17) is 0 Å². The fourth-order valence-electron chi connectivity index (χ4n) is 1.29. The van der Waals surface area contributed by atoms with Crippen molar-refractivity contribution in [3.05, 3.63) is 35.9 Å². The molecule has 1 unspecified atom stereocenters. The molecule has 0 N–H and O–H groups in total. The van der Waals surface area contributed by atoms with Crippen molar-refractivity contribution in [1.29, 1.82) is 0 Å². The maximum atomic E-state index is 10.8. The van der Waals surface area contributed by atoms with Crippen molar-refractivity contribution >= 4 is 23.2 Å². The summed E-state index contributed by atoms with van der Waals surface area (Å²) in [4.78, 5) is 21.6. The summed E-state index contributed by atoms with van der Waals surface area (Å²) in [5, 5.41) is 0.0647. The van der Waals surface area contributed by atoms with Crippen molar-refractivity contribution in [2.75, 3.05) is 5.75 Å². The number of rotatable bonds is 5. The first-order valence-electron chi connectivity index (χ1n) is 4.85. The summed E-state index contributed by atoms with van der Waals surface area (Å²) in [6.45, 7) is 1.52. The van der Waals surface area contributed by atoms with E-state index in [1.54, 1.807) is 0 Å². The number of carbonyl (C=O) groups is 2. The van der Waals surface area contributed by atoms with Crippen LogP contribution in [0.25, 0.3) is 0 Å². The summed E-state index contributed by atoms with van der Waals surface area (Å²) in [6, 6.07) is 9.85. The Bertz CT molecular complexity index is 322. The third-order valence-corrected chi connectivity index (χ3v) is 3.04. The Labute approximate surface area is 94.1 Å². The number of hydrogen-bond acceptors (Lipinski definition) is 3. The summed E-state index contributed by atoms with van der Waals surface area (Å²) in [6.07, 6.45) is 1.65. The van der Waals surface area contributed by atoms with Gasteiger partial charge in [0.15, 0.2) is 5.12 Å². The lowest BCUT2D eigenvalue weighted by Crippen LogP contribution is -2.10. The molecule has 80 valence electrons. The van der Waals surface area contributed by atoms with Gasteiger partial charge in [0, 0.05) is 18.6 Å². The molecule has 0 fully saturated rings. The number of carbonyl (C=O) groups excluding carboxylic acids is 2. The Kier molecular flexibility index (Phi) is 5.12. The third kappa shape index (κ3) is 4.79. The van der Waals surface area contributed by atoms with E-state index >= 15 is 0 Å². The molecule has 1 atom stereocenters. The molecule has 0 aromatic heterocycles. The van der Waals surface area contributed by atoms with Crippen LogP contribution >= 0.6 is 11.8 Å². The van der Waals surface area contributed by atoms with E-state index in [2.05, 4.69) is 0 Å². The normalized spacial score (nSPS) is 12.1. The quantitative estimate of drug-likeness (QED) is 0.717. The molecule has 0 heterocycles. The molecular weight excluding hydrogens is 208 g/mol. The molecular formula is C12H14O2S. The maximum Gasteiger partial charge on any atom is 0.185 e. The molecule has 0 aliphatic rings. The first kappa shape index (κ1) is 12.0. The molecule has 0 aliphatic heterocycles. The second-order valence-corrected chi connectivity index (χ2v) is 4.59. The highest BCUT2D eigenvalue weighted by atomic mass is 32.2. The van der Waals surface area contributed by atoms with Crippen LogP contribution in [0.3, 0.4) is 0 Å². The molecule has 0 aliphatic carbocycles. The number of thioether (sulfide) groups is 1. The zero-order chi connectivity index (χ0) is 11.1. The van der Waals surface area contributed by atoms with Gasteiger partial charge in [-0.15, -0.1) is 0 Å². The molecule has 0 saturated carbocycles. The highest BCUT2D eigenvalue weighted by Gasteiger charge is 2.09. The van der Waals surface area contributed by atoms with Crippen LogP contribution in [0.4, 0.5) is 0 Å². The highest BCUT2D eigenvalue weighted by Crippen LogP contribution is 2.13. The average molecular weight is 222 g/mol. The zero-order valence-corrected chi connectivity index (χ0v) is 9.50. The van der Waals surface area contributed by atoms with Gasteiger partial charge in [0.25, 0.3) is 0 Å². The average Bonchev–Trinajstić information content (AvgIpc) is 2.25. The lowest BCUT2D eigenvalue weighted by Gasteiger charge is -2.08. The van der Waals surface area contributed by atoms with Crippen LogP contribution < -0.4 is 0 Å². The SMILES string of the molecule is CC(=O)SCC(C=O)Cc1ccccc1. The van der Waals surface area contributed by atoms with E-state index in [9.17, 15) is 9.59 Å². The largest absolute Gasteiger partial charge is 0.303 e. The van der Waals surface area contributed by atoms with Gasteiger partial charge in [-0.3, -0.25) is 4.79 Å². The Balaban J connectivity index is 2.47. The molecule has 0 bridgehead atoms. The molecule has 1 aromatic rings. The molecule has 0 saturated heterocycles. The minimum absolute atomic E-state index is 0.0647. The first-order chi connectivity index (χ1) is 7.22. The second kappa shape index (κ2) is 6.40. The summed E-state index contributed by atoms with van der Waals surface area (Å²) < 4.78 is 0. The van der Waals surface area contributed by atoms with Crippen molar-refractivity contribution in [3.8, 4) is 0 Å². The molecule has 15 heavy (non-hydrogen) atoms. The van der Waals surface area contributed by atoms with Crippen LogP contribution in [0, 0.1) is 5.92 Å².